The van der Waals surface area contributed by atoms with Gasteiger partial charge in [-0.3, -0.25) is 9.67 Å². The van der Waals surface area contributed by atoms with Gasteiger partial charge in [-0.1, -0.05) is 13.0 Å². The second-order valence-corrected chi connectivity index (χ2v) is 4.25. The van der Waals surface area contributed by atoms with Crippen LogP contribution in [0.25, 0.3) is 5.69 Å². The highest BCUT2D eigenvalue weighted by Gasteiger charge is 2.03. The van der Waals surface area contributed by atoms with Crippen molar-refractivity contribution in [2.45, 2.75) is 26.4 Å². The van der Waals surface area contributed by atoms with Crippen LogP contribution in [0.5, 0.6) is 5.75 Å². The Labute approximate surface area is 105 Å². The number of benzene rings is 1. The molecule has 1 heterocycles. The molecule has 0 bridgehead atoms. The summed E-state index contributed by atoms with van der Waals surface area (Å²) in [5, 5.41) is 6.62. The number of hydrogen-bond donors (Lipinski definition) is 1. The molecule has 0 fully saturated rings. The largest absolute Gasteiger partial charge is 0.491 e. The van der Waals surface area contributed by atoms with Gasteiger partial charge in [-0.2, -0.15) is 5.10 Å². The van der Waals surface area contributed by atoms with Gasteiger partial charge in [0.05, 0.1) is 11.8 Å². The van der Waals surface area contributed by atoms with E-state index in [2.05, 4.69) is 24.0 Å². The molecule has 0 saturated carbocycles. The molecule has 2 aromatic rings. The van der Waals surface area contributed by atoms with Crippen LogP contribution >= 0.6 is 12.2 Å². The Kier molecular flexibility index (Phi) is 3.58. The van der Waals surface area contributed by atoms with Gasteiger partial charge in [-0.15, -0.1) is 0 Å². The summed E-state index contributed by atoms with van der Waals surface area (Å²) < 4.78 is 8.14. The highest BCUT2D eigenvalue weighted by atomic mass is 32.1. The van der Waals surface area contributed by atoms with Crippen LogP contribution in [0.15, 0.2) is 30.6 Å². The molecule has 1 aromatic carbocycles. The maximum atomic E-state index is 5.76. The van der Waals surface area contributed by atoms with Crippen LogP contribution in [-0.2, 0) is 0 Å². The molecule has 17 heavy (non-hydrogen) atoms. The molecule has 4 nitrogen and oxygen atoms in total. The minimum absolute atomic E-state index is 0.211. The zero-order valence-electron chi connectivity index (χ0n) is 9.88. The Morgan fingerprint density at radius 1 is 1.53 bits per heavy atom. The Balaban J connectivity index is 2.29. The van der Waals surface area contributed by atoms with E-state index in [1.807, 2.05) is 24.3 Å². The normalized spacial score (nSPS) is 12.4. The van der Waals surface area contributed by atoms with Gasteiger partial charge < -0.3 is 4.74 Å². The van der Waals surface area contributed by atoms with E-state index in [9.17, 15) is 0 Å². The zero-order valence-corrected chi connectivity index (χ0v) is 10.7. The van der Waals surface area contributed by atoms with E-state index < -0.39 is 0 Å². The van der Waals surface area contributed by atoms with Gasteiger partial charge in [0.2, 0.25) is 0 Å². The van der Waals surface area contributed by atoms with Crippen LogP contribution in [-0.4, -0.2) is 20.9 Å². The van der Waals surface area contributed by atoms with Gasteiger partial charge in [0.25, 0.3) is 0 Å². The fourth-order valence-corrected chi connectivity index (χ4v) is 1.66. The highest BCUT2D eigenvalue weighted by molar-refractivity contribution is 7.71. The molecule has 0 saturated heterocycles. The number of nitrogens with zero attached hydrogens (tertiary/aromatic N) is 2. The van der Waals surface area contributed by atoms with Crippen LogP contribution in [0.2, 0.25) is 0 Å². The lowest BCUT2D eigenvalue weighted by molar-refractivity contribution is 0.217. The minimum Gasteiger partial charge on any atom is -0.491 e. The van der Waals surface area contributed by atoms with E-state index in [4.69, 9.17) is 17.0 Å². The number of aromatic nitrogens is 3. The summed E-state index contributed by atoms with van der Waals surface area (Å²) in [5.74, 6) is 0.847. The highest BCUT2D eigenvalue weighted by Crippen LogP contribution is 2.18. The van der Waals surface area contributed by atoms with Crippen molar-refractivity contribution >= 4 is 12.2 Å². The van der Waals surface area contributed by atoms with Crippen molar-refractivity contribution in [1.82, 2.24) is 14.8 Å². The average Bonchev–Trinajstić information content (AvgIpc) is 2.75. The monoisotopic (exact) mass is 249 g/mol. The molecule has 90 valence electrons. The third-order valence-electron chi connectivity index (χ3n) is 2.56. The Bertz CT molecular complexity index is 546. The van der Waals surface area contributed by atoms with Crippen LogP contribution in [0.1, 0.15) is 20.3 Å². The summed E-state index contributed by atoms with van der Waals surface area (Å²) in [5.41, 5.74) is 0.949. The van der Waals surface area contributed by atoms with Crippen LogP contribution in [0, 0.1) is 4.77 Å². The van der Waals surface area contributed by atoms with E-state index in [-0.39, 0.29) is 6.10 Å². The van der Waals surface area contributed by atoms with E-state index in [0.717, 1.165) is 17.9 Å². The molecule has 1 N–H and O–H groups in total. The first-order chi connectivity index (χ1) is 8.20. The number of aromatic amines is 1. The summed E-state index contributed by atoms with van der Waals surface area (Å²) in [4.78, 5) is 0. The smallest absolute Gasteiger partial charge is 0.199 e. The average molecular weight is 249 g/mol. The van der Waals surface area contributed by atoms with Crippen LogP contribution in [0.4, 0.5) is 0 Å². The summed E-state index contributed by atoms with van der Waals surface area (Å²) in [7, 11) is 0. The van der Waals surface area contributed by atoms with Gasteiger partial charge in [-0.25, -0.2) is 0 Å². The lowest BCUT2D eigenvalue weighted by atomic mass is 10.3. The molecular formula is C12H15N3OS. The summed E-state index contributed by atoms with van der Waals surface area (Å²) in [6, 6.07) is 7.81. The van der Waals surface area contributed by atoms with Crippen LogP contribution < -0.4 is 4.74 Å². The lowest BCUT2D eigenvalue weighted by Crippen LogP contribution is -2.09. The van der Waals surface area contributed by atoms with Gasteiger partial charge in [0.1, 0.15) is 12.1 Å². The third-order valence-corrected chi connectivity index (χ3v) is 2.85. The molecule has 0 aliphatic carbocycles. The number of ether oxygens (including phenoxy) is 1. The van der Waals surface area contributed by atoms with Crippen molar-refractivity contribution < 1.29 is 4.74 Å². The maximum Gasteiger partial charge on any atom is 0.199 e. The number of nitrogens with one attached hydrogen (secondary N) is 1. The topological polar surface area (TPSA) is 42.8 Å². The van der Waals surface area contributed by atoms with E-state index >= 15 is 0 Å². The van der Waals surface area contributed by atoms with Gasteiger partial charge in [0.15, 0.2) is 4.77 Å². The first kappa shape index (κ1) is 11.9. The predicted molar refractivity (Wildman–Crippen MR) is 69.1 cm³/mol. The number of H-pyrrole nitrogens is 1. The molecule has 1 atom stereocenters. The summed E-state index contributed by atoms with van der Waals surface area (Å²) in [6.45, 7) is 4.15. The first-order valence-corrected chi connectivity index (χ1v) is 6.00. The Morgan fingerprint density at radius 3 is 3.00 bits per heavy atom. The first-order valence-electron chi connectivity index (χ1n) is 5.60. The second kappa shape index (κ2) is 5.14. The molecule has 0 spiro atoms. The number of hydrogen-bond acceptors (Lipinski definition) is 3. The van der Waals surface area contributed by atoms with Crippen molar-refractivity contribution in [1.29, 1.82) is 0 Å². The summed E-state index contributed by atoms with van der Waals surface area (Å²) in [6.07, 6.45) is 2.85. The van der Waals surface area contributed by atoms with Crippen LogP contribution in [0.3, 0.4) is 0 Å². The summed E-state index contributed by atoms with van der Waals surface area (Å²) >= 11 is 5.13. The van der Waals surface area contributed by atoms with Gasteiger partial charge >= 0.3 is 0 Å². The molecule has 1 unspecified atom stereocenters. The standard InChI is InChI=1S/C12H15N3OS/c1-3-9(2)16-11-6-4-5-10(7-11)15-8-13-14-12(15)17/h4-9H,3H2,1-2H3,(H,14,17). The predicted octanol–water partition coefficient (Wildman–Crippen LogP) is 3.11. The molecule has 1 aromatic heterocycles. The zero-order chi connectivity index (χ0) is 12.3. The van der Waals surface area contributed by atoms with Crippen molar-refractivity contribution in [3.63, 3.8) is 0 Å². The second-order valence-electron chi connectivity index (χ2n) is 3.87. The Morgan fingerprint density at radius 2 is 2.35 bits per heavy atom. The Hall–Kier alpha value is -1.62. The molecule has 0 aliphatic rings. The van der Waals surface area contributed by atoms with E-state index in [0.29, 0.717) is 4.77 Å². The van der Waals surface area contributed by atoms with Crippen molar-refractivity contribution in [2.75, 3.05) is 0 Å². The third kappa shape index (κ3) is 2.74. The maximum absolute atomic E-state index is 5.76. The fourth-order valence-electron chi connectivity index (χ4n) is 1.45. The van der Waals surface area contributed by atoms with Gasteiger partial charge in [-0.05, 0) is 37.7 Å². The number of rotatable bonds is 4. The molecule has 0 aliphatic heterocycles. The minimum atomic E-state index is 0.211. The van der Waals surface area contributed by atoms with Crippen molar-refractivity contribution in [3.05, 3.63) is 35.4 Å². The molecular weight excluding hydrogens is 234 g/mol. The SMILES string of the molecule is CCC(C)Oc1cccc(-n2cn[nH]c2=S)c1. The molecule has 0 amide bonds. The van der Waals surface area contributed by atoms with Crippen molar-refractivity contribution in [3.8, 4) is 11.4 Å². The lowest BCUT2D eigenvalue weighted by Gasteiger charge is -2.13. The van der Waals surface area contributed by atoms with Gasteiger partial charge in [0, 0.05) is 6.07 Å². The van der Waals surface area contributed by atoms with E-state index in [1.54, 1.807) is 10.9 Å². The van der Waals surface area contributed by atoms with Crippen molar-refractivity contribution in [2.24, 2.45) is 0 Å². The molecule has 5 heteroatoms. The fraction of sp³-hybridized carbons (Fsp3) is 0.333. The quantitative estimate of drug-likeness (QED) is 0.847. The van der Waals surface area contributed by atoms with E-state index in [1.165, 1.54) is 0 Å². The molecule has 2 rings (SSSR count). The molecule has 0 radical (unpaired) electrons.